The molecule has 59 heavy (non-hydrogen) atoms. The molecule has 1 rings (SSSR count). The molecule has 0 aromatic rings. The zero-order valence-corrected chi connectivity index (χ0v) is 38.2. The Morgan fingerprint density at radius 1 is 0.661 bits per heavy atom. The first-order chi connectivity index (χ1) is 28.6. The minimum Gasteiger partial charge on any atom is -0.462 e. The molecule has 11 nitrogen and oxygen atoms in total. The van der Waals surface area contributed by atoms with Crippen LogP contribution in [0, 0.1) is 5.92 Å². The van der Waals surface area contributed by atoms with Crippen molar-refractivity contribution in [2.24, 2.45) is 5.92 Å². The Morgan fingerprint density at radius 3 is 1.80 bits per heavy atom. The van der Waals surface area contributed by atoms with Crippen LogP contribution in [0.4, 0.5) is 0 Å². The highest BCUT2D eigenvalue weighted by Gasteiger charge is 2.36. The van der Waals surface area contributed by atoms with E-state index in [0.717, 1.165) is 50.9 Å². The van der Waals surface area contributed by atoms with Crippen LogP contribution >= 0.6 is 7.82 Å². The van der Waals surface area contributed by atoms with Crippen molar-refractivity contribution in [3.8, 4) is 0 Å². The molecule has 0 spiro atoms. The standard InChI is InChI=1S/C47H85O11P/c1-4-6-7-8-9-16-20-23-28-33-44-45(58-44)34-29-25-26-31-36-47(51)57-43(40-56-59(52,53)55-38-42(49)37-48)39-54-46(50)35-30-24-21-18-15-13-11-10-12-14-17-19-22-27-32-41(3)5-2/h9,16,23,25,28-29,41-45,48-49H,4-8,10-15,17-22,24,26-27,30-40H2,1-3H3,(H,52,53)/b16-9-,28-23-,29-25-/t41?,42-,43+,44?,45?/m0/s1. The van der Waals surface area contributed by atoms with Gasteiger partial charge < -0.3 is 29.3 Å². The van der Waals surface area contributed by atoms with E-state index in [0.29, 0.717) is 19.3 Å². The smallest absolute Gasteiger partial charge is 0.462 e. The van der Waals surface area contributed by atoms with Gasteiger partial charge in [-0.3, -0.25) is 18.6 Å². The van der Waals surface area contributed by atoms with E-state index in [4.69, 9.17) is 28.4 Å². The summed E-state index contributed by atoms with van der Waals surface area (Å²) in [6.07, 6.45) is 39.9. The molecule has 3 N–H and O–H groups in total. The summed E-state index contributed by atoms with van der Waals surface area (Å²) in [6, 6.07) is 0. The van der Waals surface area contributed by atoms with Crippen LogP contribution in [0.1, 0.15) is 194 Å². The highest BCUT2D eigenvalue weighted by molar-refractivity contribution is 7.47. The number of allylic oxidation sites excluding steroid dienone is 4. The lowest BCUT2D eigenvalue weighted by Gasteiger charge is -2.20. The highest BCUT2D eigenvalue weighted by atomic mass is 31.2. The first kappa shape index (κ1) is 55.2. The number of unbranched alkanes of at least 4 members (excludes halogenated alkanes) is 17. The molecule has 0 aromatic heterocycles. The Bertz CT molecular complexity index is 1160. The first-order valence-electron chi connectivity index (χ1n) is 23.5. The minimum absolute atomic E-state index is 0.101. The lowest BCUT2D eigenvalue weighted by molar-refractivity contribution is -0.161. The molecule has 4 unspecified atom stereocenters. The predicted octanol–water partition coefficient (Wildman–Crippen LogP) is 11.6. The molecular formula is C47H85O11P. The van der Waals surface area contributed by atoms with Crippen LogP contribution in [0.3, 0.4) is 0 Å². The molecule has 1 aliphatic rings. The number of phosphoric ester groups is 1. The van der Waals surface area contributed by atoms with E-state index in [9.17, 15) is 24.2 Å². The van der Waals surface area contributed by atoms with Crippen molar-refractivity contribution < 1.29 is 52.5 Å². The van der Waals surface area contributed by atoms with E-state index in [-0.39, 0.29) is 31.7 Å². The molecule has 1 aliphatic heterocycles. The van der Waals surface area contributed by atoms with Gasteiger partial charge in [0.25, 0.3) is 0 Å². The molecule has 0 aliphatic carbocycles. The zero-order chi connectivity index (χ0) is 43.2. The van der Waals surface area contributed by atoms with Gasteiger partial charge in [0, 0.05) is 12.8 Å². The average Bonchev–Trinajstić information content (AvgIpc) is 3.98. The van der Waals surface area contributed by atoms with Gasteiger partial charge in [-0.05, 0) is 57.3 Å². The molecule has 0 amide bonds. The topological polar surface area (TPSA) is 161 Å². The van der Waals surface area contributed by atoms with Crippen molar-refractivity contribution in [1.82, 2.24) is 0 Å². The summed E-state index contributed by atoms with van der Waals surface area (Å²) in [4.78, 5) is 35.1. The van der Waals surface area contributed by atoms with Gasteiger partial charge in [0.15, 0.2) is 6.10 Å². The monoisotopic (exact) mass is 857 g/mol. The van der Waals surface area contributed by atoms with E-state index >= 15 is 0 Å². The quantitative estimate of drug-likeness (QED) is 0.0176. The van der Waals surface area contributed by atoms with Crippen molar-refractivity contribution in [3.05, 3.63) is 36.5 Å². The Balaban J connectivity index is 2.26. The van der Waals surface area contributed by atoms with Crippen molar-refractivity contribution in [1.29, 1.82) is 0 Å². The van der Waals surface area contributed by atoms with E-state index in [1.165, 1.54) is 96.3 Å². The van der Waals surface area contributed by atoms with E-state index in [1.54, 1.807) is 0 Å². The van der Waals surface area contributed by atoms with Gasteiger partial charge in [-0.2, -0.15) is 0 Å². The molecule has 12 heteroatoms. The maximum atomic E-state index is 12.7. The van der Waals surface area contributed by atoms with Crippen LogP contribution in [0.2, 0.25) is 0 Å². The number of hydrogen-bond donors (Lipinski definition) is 3. The second-order valence-corrected chi connectivity index (χ2v) is 17.9. The second-order valence-electron chi connectivity index (χ2n) is 16.4. The number of phosphoric acid groups is 1. The number of carbonyl (C=O) groups excluding carboxylic acids is 2. The largest absolute Gasteiger partial charge is 0.472 e. The second kappa shape index (κ2) is 37.9. The molecule has 1 saturated heterocycles. The number of carbonyl (C=O) groups is 2. The van der Waals surface area contributed by atoms with Crippen LogP contribution in [-0.4, -0.2) is 77.9 Å². The highest BCUT2D eigenvalue weighted by Crippen LogP contribution is 2.43. The maximum Gasteiger partial charge on any atom is 0.472 e. The number of aliphatic hydroxyl groups is 2. The van der Waals surface area contributed by atoms with Crippen LogP contribution < -0.4 is 0 Å². The predicted molar refractivity (Wildman–Crippen MR) is 237 cm³/mol. The molecular weight excluding hydrogens is 771 g/mol. The summed E-state index contributed by atoms with van der Waals surface area (Å²) in [5.74, 6) is -0.122. The van der Waals surface area contributed by atoms with Crippen LogP contribution in [-0.2, 0) is 37.4 Å². The summed E-state index contributed by atoms with van der Waals surface area (Å²) in [6.45, 7) is 4.66. The summed E-state index contributed by atoms with van der Waals surface area (Å²) in [5.41, 5.74) is 0. The number of aliphatic hydroxyl groups excluding tert-OH is 2. The number of ether oxygens (including phenoxy) is 3. The fraction of sp³-hybridized carbons (Fsp3) is 0.830. The first-order valence-corrected chi connectivity index (χ1v) is 25.0. The molecule has 0 radical (unpaired) electrons. The van der Waals surface area contributed by atoms with Gasteiger partial charge >= 0.3 is 19.8 Å². The third-order valence-electron chi connectivity index (χ3n) is 10.7. The van der Waals surface area contributed by atoms with Crippen LogP contribution in [0.5, 0.6) is 0 Å². The number of rotatable bonds is 42. The summed E-state index contributed by atoms with van der Waals surface area (Å²) < 4.78 is 38.5. The Morgan fingerprint density at radius 2 is 1.19 bits per heavy atom. The van der Waals surface area contributed by atoms with E-state index in [2.05, 4.69) is 51.2 Å². The van der Waals surface area contributed by atoms with Gasteiger partial charge in [-0.25, -0.2) is 4.57 Å². The molecule has 0 saturated carbocycles. The summed E-state index contributed by atoms with van der Waals surface area (Å²) in [5, 5.41) is 18.4. The number of hydrogen-bond acceptors (Lipinski definition) is 10. The van der Waals surface area contributed by atoms with Gasteiger partial charge in [-0.1, -0.05) is 166 Å². The summed E-state index contributed by atoms with van der Waals surface area (Å²) in [7, 11) is -4.64. The van der Waals surface area contributed by atoms with Crippen molar-refractivity contribution in [3.63, 3.8) is 0 Å². The number of epoxide rings is 1. The van der Waals surface area contributed by atoms with Gasteiger partial charge in [0.2, 0.25) is 0 Å². The molecule has 1 fully saturated rings. The normalized spacial score (nSPS) is 18.1. The van der Waals surface area contributed by atoms with E-state index < -0.39 is 51.8 Å². The molecule has 1 heterocycles. The van der Waals surface area contributed by atoms with Crippen molar-refractivity contribution in [2.75, 3.05) is 26.4 Å². The Hall–Kier alpha value is -1.85. The maximum absolute atomic E-state index is 12.7. The average molecular weight is 857 g/mol. The molecule has 6 atom stereocenters. The minimum atomic E-state index is -4.64. The lowest BCUT2D eigenvalue weighted by Crippen LogP contribution is -2.29. The third-order valence-corrected chi connectivity index (χ3v) is 11.7. The van der Waals surface area contributed by atoms with Crippen molar-refractivity contribution in [2.45, 2.75) is 219 Å². The molecule has 0 aromatic carbocycles. The Kier molecular flexibility index (Phi) is 35.4. The summed E-state index contributed by atoms with van der Waals surface area (Å²) >= 11 is 0. The fourth-order valence-corrected chi connectivity index (χ4v) is 7.38. The van der Waals surface area contributed by atoms with Crippen LogP contribution in [0.15, 0.2) is 36.5 Å². The molecule has 0 bridgehead atoms. The molecule has 344 valence electrons. The lowest BCUT2D eigenvalue weighted by atomic mass is 9.99. The third kappa shape index (κ3) is 35.4. The van der Waals surface area contributed by atoms with Crippen molar-refractivity contribution >= 4 is 19.8 Å². The zero-order valence-electron chi connectivity index (χ0n) is 37.3. The SMILES string of the molecule is CCCCC/C=C\C/C=C\CC1OC1C/C=C\CCCC(=O)O[C@H](COC(=O)CCCCCCCCCCCCCCCCC(C)CC)COP(=O)(O)OC[C@@H](O)CO. The Labute approximate surface area is 358 Å². The van der Waals surface area contributed by atoms with Gasteiger partial charge in [0.05, 0.1) is 32.0 Å². The fourth-order valence-electron chi connectivity index (χ4n) is 6.59. The van der Waals surface area contributed by atoms with Gasteiger partial charge in [-0.15, -0.1) is 0 Å². The van der Waals surface area contributed by atoms with Crippen LogP contribution in [0.25, 0.3) is 0 Å². The van der Waals surface area contributed by atoms with Gasteiger partial charge in [0.1, 0.15) is 12.7 Å². The number of esters is 2. The van der Waals surface area contributed by atoms with E-state index in [1.807, 2.05) is 6.08 Å².